The first-order valence-corrected chi connectivity index (χ1v) is 9.16. The summed E-state index contributed by atoms with van der Waals surface area (Å²) in [5.74, 6) is 0.410. The van der Waals surface area contributed by atoms with Gasteiger partial charge in [-0.3, -0.25) is 4.79 Å². The van der Waals surface area contributed by atoms with Crippen molar-refractivity contribution >= 4 is 15.7 Å². The Hall–Kier alpha value is -1.36. The third kappa shape index (κ3) is 4.06. The standard InChI is InChI=1S/C16H23NO3S/c1-13(2)12-16(18)17-9-8-15(21(19,20)11-10-17)14-6-4-3-5-7-14/h3-7,13,15H,8-12H2,1-2H3. The molecule has 5 heteroatoms. The first kappa shape index (κ1) is 16.0. The van der Waals surface area contributed by atoms with Crippen LogP contribution in [0.3, 0.4) is 0 Å². The summed E-state index contributed by atoms with van der Waals surface area (Å²) in [6, 6.07) is 9.31. The zero-order valence-corrected chi connectivity index (χ0v) is 13.5. The molecule has 0 radical (unpaired) electrons. The molecule has 0 saturated carbocycles. The van der Waals surface area contributed by atoms with Gasteiger partial charge >= 0.3 is 0 Å². The molecule has 1 atom stereocenters. The molecule has 116 valence electrons. The van der Waals surface area contributed by atoms with Gasteiger partial charge in [0.15, 0.2) is 9.84 Å². The van der Waals surface area contributed by atoms with Gasteiger partial charge in [0.05, 0.1) is 11.0 Å². The van der Waals surface area contributed by atoms with E-state index in [1.807, 2.05) is 44.2 Å². The minimum absolute atomic E-state index is 0.0520. The fourth-order valence-corrected chi connectivity index (χ4v) is 4.51. The normalized spacial score (nSPS) is 22.0. The number of carbonyl (C=O) groups is 1. The summed E-state index contributed by atoms with van der Waals surface area (Å²) in [5.41, 5.74) is 0.829. The van der Waals surface area contributed by atoms with Crippen LogP contribution in [0.2, 0.25) is 0 Å². The number of carbonyl (C=O) groups excluding carboxylic acids is 1. The Morgan fingerprint density at radius 3 is 2.52 bits per heavy atom. The number of rotatable bonds is 3. The van der Waals surface area contributed by atoms with Gasteiger partial charge in [0.25, 0.3) is 0 Å². The van der Waals surface area contributed by atoms with Crippen LogP contribution in [-0.2, 0) is 14.6 Å². The lowest BCUT2D eigenvalue weighted by atomic mass is 10.1. The van der Waals surface area contributed by atoms with Crippen molar-refractivity contribution in [1.29, 1.82) is 0 Å². The van der Waals surface area contributed by atoms with E-state index in [0.29, 0.717) is 31.8 Å². The van der Waals surface area contributed by atoms with Gasteiger partial charge in [-0.1, -0.05) is 44.2 Å². The van der Waals surface area contributed by atoms with Crippen molar-refractivity contribution in [1.82, 2.24) is 4.90 Å². The van der Waals surface area contributed by atoms with Gasteiger partial charge in [-0.15, -0.1) is 0 Å². The molecule has 1 aliphatic heterocycles. The Balaban J connectivity index is 2.15. The van der Waals surface area contributed by atoms with Crippen LogP contribution in [0, 0.1) is 5.92 Å². The van der Waals surface area contributed by atoms with E-state index in [0.717, 1.165) is 5.56 Å². The molecule has 2 rings (SSSR count). The van der Waals surface area contributed by atoms with E-state index in [1.54, 1.807) is 4.90 Å². The molecular weight excluding hydrogens is 286 g/mol. The highest BCUT2D eigenvalue weighted by atomic mass is 32.2. The molecule has 0 bridgehead atoms. The van der Waals surface area contributed by atoms with Gasteiger partial charge in [-0.2, -0.15) is 0 Å². The SMILES string of the molecule is CC(C)CC(=O)N1CCC(c2ccccc2)S(=O)(=O)CC1. The van der Waals surface area contributed by atoms with Gasteiger partial charge in [0.2, 0.25) is 5.91 Å². The van der Waals surface area contributed by atoms with Crippen LogP contribution in [0.25, 0.3) is 0 Å². The number of benzene rings is 1. The van der Waals surface area contributed by atoms with Crippen LogP contribution < -0.4 is 0 Å². The van der Waals surface area contributed by atoms with Crippen molar-refractivity contribution in [2.45, 2.75) is 31.9 Å². The molecule has 1 aromatic rings. The van der Waals surface area contributed by atoms with Gasteiger partial charge in [0.1, 0.15) is 0 Å². The summed E-state index contributed by atoms with van der Waals surface area (Å²) < 4.78 is 24.9. The number of hydrogen-bond donors (Lipinski definition) is 0. The molecule has 1 fully saturated rings. The second kappa shape index (κ2) is 6.60. The fraction of sp³-hybridized carbons (Fsp3) is 0.562. The summed E-state index contributed by atoms with van der Waals surface area (Å²) in [4.78, 5) is 13.9. The Labute approximate surface area is 127 Å². The summed E-state index contributed by atoms with van der Waals surface area (Å²) >= 11 is 0. The molecule has 1 unspecified atom stereocenters. The van der Waals surface area contributed by atoms with Gasteiger partial charge in [0, 0.05) is 19.5 Å². The average Bonchev–Trinajstić information content (AvgIpc) is 2.57. The highest BCUT2D eigenvalue weighted by molar-refractivity contribution is 7.91. The topological polar surface area (TPSA) is 54.5 Å². The van der Waals surface area contributed by atoms with Gasteiger partial charge in [-0.05, 0) is 17.9 Å². The molecule has 1 aliphatic rings. The molecule has 0 aliphatic carbocycles. The van der Waals surface area contributed by atoms with E-state index in [2.05, 4.69) is 0 Å². The van der Waals surface area contributed by atoms with Crippen molar-refractivity contribution in [3.63, 3.8) is 0 Å². The molecular formula is C16H23NO3S. The molecule has 1 aromatic carbocycles. The van der Waals surface area contributed by atoms with Crippen molar-refractivity contribution in [2.24, 2.45) is 5.92 Å². The molecule has 0 spiro atoms. The van der Waals surface area contributed by atoms with Gasteiger partial charge in [-0.25, -0.2) is 8.42 Å². The molecule has 1 saturated heterocycles. The summed E-state index contributed by atoms with van der Waals surface area (Å²) in [6.07, 6.45) is 0.965. The lowest BCUT2D eigenvalue weighted by Crippen LogP contribution is -2.34. The highest BCUT2D eigenvalue weighted by Crippen LogP contribution is 2.29. The highest BCUT2D eigenvalue weighted by Gasteiger charge is 2.32. The van der Waals surface area contributed by atoms with Crippen LogP contribution in [0.15, 0.2) is 30.3 Å². The molecule has 1 amide bonds. The predicted molar refractivity (Wildman–Crippen MR) is 83.6 cm³/mol. The third-order valence-corrected chi connectivity index (χ3v) is 5.97. The second-order valence-electron chi connectivity index (χ2n) is 6.03. The predicted octanol–water partition coefficient (Wildman–Crippen LogP) is 2.42. The average molecular weight is 309 g/mol. The maximum atomic E-state index is 12.5. The van der Waals surface area contributed by atoms with Crippen LogP contribution >= 0.6 is 0 Å². The molecule has 4 nitrogen and oxygen atoms in total. The van der Waals surface area contributed by atoms with Crippen LogP contribution in [0.5, 0.6) is 0 Å². The van der Waals surface area contributed by atoms with Crippen molar-refractivity contribution in [3.8, 4) is 0 Å². The Kier molecular flexibility index (Phi) is 5.04. The molecule has 21 heavy (non-hydrogen) atoms. The Bertz CT molecular complexity index is 581. The minimum atomic E-state index is -3.20. The minimum Gasteiger partial charge on any atom is -0.342 e. The number of sulfone groups is 1. The van der Waals surface area contributed by atoms with Crippen LogP contribution in [0.1, 0.15) is 37.5 Å². The van der Waals surface area contributed by atoms with E-state index >= 15 is 0 Å². The zero-order chi connectivity index (χ0) is 15.5. The third-order valence-electron chi connectivity index (χ3n) is 3.85. The van der Waals surface area contributed by atoms with E-state index in [9.17, 15) is 13.2 Å². The van der Waals surface area contributed by atoms with E-state index < -0.39 is 15.1 Å². The largest absolute Gasteiger partial charge is 0.342 e. The Morgan fingerprint density at radius 2 is 1.90 bits per heavy atom. The summed E-state index contributed by atoms with van der Waals surface area (Å²) in [5, 5.41) is -0.490. The first-order valence-electron chi connectivity index (χ1n) is 7.44. The summed E-state index contributed by atoms with van der Waals surface area (Å²) in [6.45, 7) is 4.83. The maximum Gasteiger partial charge on any atom is 0.222 e. The lowest BCUT2D eigenvalue weighted by Gasteiger charge is -2.21. The Morgan fingerprint density at radius 1 is 1.24 bits per heavy atom. The van der Waals surface area contributed by atoms with Crippen LogP contribution in [0.4, 0.5) is 0 Å². The lowest BCUT2D eigenvalue weighted by molar-refractivity contribution is -0.131. The van der Waals surface area contributed by atoms with E-state index in [4.69, 9.17) is 0 Å². The maximum absolute atomic E-state index is 12.5. The van der Waals surface area contributed by atoms with E-state index in [1.165, 1.54) is 0 Å². The number of hydrogen-bond acceptors (Lipinski definition) is 3. The monoisotopic (exact) mass is 309 g/mol. The van der Waals surface area contributed by atoms with E-state index in [-0.39, 0.29) is 11.7 Å². The second-order valence-corrected chi connectivity index (χ2v) is 8.34. The summed E-state index contributed by atoms with van der Waals surface area (Å²) in [7, 11) is -3.20. The fourth-order valence-electron chi connectivity index (χ4n) is 2.71. The first-order chi connectivity index (χ1) is 9.90. The zero-order valence-electron chi connectivity index (χ0n) is 12.7. The number of nitrogens with zero attached hydrogens (tertiary/aromatic N) is 1. The van der Waals surface area contributed by atoms with Crippen molar-refractivity contribution < 1.29 is 13.2 Å². The van der Waals surface area contributed by atoms with Crippen LogP contribution in [-0.4, -0.2) is 38.1 Å². The van der Waals surface area contributed by atoms with Crippen molar-refractivity contribution in [3.05, 3.63) is 35.9 Å². The smallest absolute Gasteiger partial charge is 0.222 e. The number of amides is 1. The molecule has 0 N–H and O–H groups in total. The molecule has 1 heterocycles. The van der Waals surface area contributed by atoms with Gasteiger partial charge < -0.3 is 4.90 Å². The molecule has 0 aromatic heterocycles. The van der Waals surface area contributed by atoms with Crippen molar-refractivity contribution in [2.75, 3.05) is 18.8 Å². The quantitative estimate of drug-likeness (QED) is 0.861.